The molecular weight excluding hydrogens is 306 g/mol. The van der Waals surface area contributed by atoms with Crippen LogP contribution in [0.15, 0.2) is 23.0 Å². The van der Waals surface area contributed by atoms with E-state index >= 15 is 0 Å². The molecule has 0 bridgehead atoms. The summed E-state index contributed by atoms with van der Waals surface area (Å²) in [4.78, 5) is 23.6. The Morgan fingerprint density at radius 1 is 1.39 bits per heavy atom. The van der Waals surface area contributed by atoms with Crippen LogP contribution in [0.5, 0.6) is 0 Å². The summed E-state index contributed by atoms with van der Waals surface area (Å²) in [5.41, 5.74) is -0.227. The summed E-state index contributed by atoms with van der Waals surface area (Å²) in [6.45, 7) is 0.462. The lowest BCUT2D eigenvalue weighted by molar-refractivity contribution is -0.121. The summed E-state index contributed by atoms with van der Waals surface area (Å²) < 4.78 is 28.3. The van der Waals surface area contributed by atoms with E-state index < -0.39 is 11.6 Å². The molecule has 0 fully saturated rings. The predicted octanol–water partition coefficient (Wildman–Crippen LogP) is 0.913. The predicted molar refractivity (Wildman–Crippen MR) is 77.8 cm³/mol. The zero-order valence-electron chi connectivity index (χ0n) is 12.3. The number of hydrogen-bond donors (Lipinski definition) is 2. The van der Waals surface area contributed by atoms with Crippen LogP contribution in [-0.2, 0) is 24.2 Å². The molecule has 8 heteroatoms. The van der Waals surface area contributed by atoms with Crippen molar-refractivity contribution in [2.75, 3.05) is 0 Å². The SMILES string of the molecule is O=C(Cc1cccc(F)c1F)NC1CCc2n[nH]c(=O)n2CC1. The third-order valence-electron chi connectivity index (χ3n) is 4.00. The van der Waals surface area contributed by atoms with Crippen molar-refractivity contribution >= 4 is 5.91 Å². The number of aryl methyl sites for hydroxylation is 1. The Bertz CT molecular complexity index is 784. The largest absolute Gasteiger partial charge is 0.353 e. The molecular formula is C15H16F2N4O2. The number of fused-ring (bicyclic) bond motifs is 1. The lowest BCUT2D eigenvalue weighted by atomic mass is 10.1. The molecule has 1 aromatic heterocycles. The van der Waals surface area contributed by atoms with Gasteiger partial charge in [-0.25, -0.2) is 18.7 Å². The van der Waals surface area contributed by atoms with Gasteiger partial charge in [-0.15, -0.1) is 0 Å². The van der Waals surface area contributed by atoms with Gasteiger partial charge in [0.25, 0.3) is 0 Å². The second-order valence-electron chi connectivity index (χ2n) is 5.58. The first-order valence-corrected chi connectivity index (χ1v) is 7.41. The second kappa shape index (κ2) is 6.31. The standard InChI is InChI=1S/C15H16F2N4O2/c16-11-3-1-2-9(14(11)17)8-13(22)18-10-4-5-12-19-20-15(23)21(12)7-6-10/h1-3,10H,4-8H2,(H,18,22)(H,20,23). The molecule has 1 aliphatic rings. The molecule has 1 amide bonds. The molecule has 0 saturated carbocycles. The van der Waals surface area contributed by atoms with Gasteiger partial charge in [-0.2, -0.15) is 5.10 Å². The molecule has 2 aromatic rings. The first kappa shape index (κ1) is 15.4. The minimum absolute atomic E-state index is 0.0282. The lowest BCUT2D eigenvalue weighted by Crippen LogP contribution is -2.36. The molecule has 1 unspecified atom stereocenters. The average molecular weight is 322 g/mol. The molecule has 1 aromatic carbocycles. The Hall–Kier alpha value is -2.51. The van der Waals surface area contributed by atoms with Gasteiger partial charge in [-0.1, -0.05) is 12.1 Å². The minimum atomic E-state index is -0.991. The maximum Gasteiger partial charge on any atom is 0.343 e. The molecule has 0 radical (unpaired) electrons. The molecule has 3 rings (SSSR count). The van der Waals surface area contributed by atoms with Gasteiger partial charge in [0.1, 0.15) is 5.82 Å². The topological polar surface area (TPSA) is 79.8 Å². The van der Waals surface area contributed by atoms with Crippen molar-refractivity contribution in [1.29, 1.82) is 0 Å². The van der Waals surface area contributed by atoms with E-state index in [2.05, 4.69) is 15.5 Å². The van der Waals surface area contributed by atoms with Gasteiger partial charge in [-0.3, -0.25) is 9.36 Å². The van der Waals surface area contributed by atoms with Crippen LogP contribution in [0.2, 0.25) is 0 Å². The van der Waals surface area contributed by atoms with E-state index in [1.807, 2.05) is 0 Å². The molecule has 6 nitrogen and oxygen atoms in total. The molecule has 1 aliphatic heterocycles. The van der Waals surface area contributed by atoms with Crippen LogP contribution in [0.4, 0.5) is 8.78 Å². The van der Waals surface area contributed by atoms with E-state index in [0.29, 0.717) is 31.6 Å². The number of carbonyl (C=O) groups excluding carboxylic acids is 1. The third-order valence-corrected chi connectivity index (χ3v) is 4.00. The number of aromatic nitrogens is 3. The molecule has 23 heavy (non-hydrogen) atoms. The Morgan fingerprint density at radius 2 is 2.22 bits per heavy atom. The second-order valence-corrected chi connectivity index (χ2v) is 5.58. The van der Waals surface area contributed by atoms with E-state index in [0.717, 1.165) is 6.07 Å². The Labute approximate surface area is 130 Å². The van der Waals surface area contributed by atoms with E-state index in [9.17, 15) is 18.4 Å². The molecule has 0 aliphatic carbocycles. The van der Waals surface area contributed by atoms with Crippen molar-refractivity contribution in [2.45, 2.75) is 38.3 Å². The van der Waals surface area contributed by atoms with Crippen molar-refractivity contribution in [3.8, 4) is 0 Å². The van der Waals surface area contributed by atoms with Crippen LogP contribution in [0.3, 0.4) is 0 Å². The fourth-order valence-electron chi connectivity index (χ4n) is 2.79. The Morgan fingerprint density at radius 3 is 3.04 bits per heavy atom. The number of aromatic amines is 1. The van der Waals surface area contributed by atoms with Crippen LogP contribution in [0.25, 0.3) is 0 Å². The molecule has 0 saturated heterocycles. The summed E-state index contributed by atoms with van der Waals surface area (Å²) >= 11 is 0. The van der Waals surface area contributed by atoms with Gasteiger partial charge >= 0.3 is 5.69 Å². The Balaban J connectivity index is 1.61. The van der Waals surface area contributed by atoms with Crippen LogP contribution in [-0.4, -0.2) is 26.7 Å². The summed E-state index contributed by atoms with van der Waals surface area (Å²) in [5, 5.41) is 9.16. The number of H-pyrrole nitrogens is 1. The number of nitrogens with zero attached hydrogens (tertiary/aromatic N) is 2. The lowest BCUT2D eigenvalue weighted by Gasteiger charge is -2.16. The van der Waals surface area contributed by atoms with Crippen molar-refractivity contribution in [1.82, 2.24) is 20.1 Å². The number of benzene rings is 1. The first-order chi connectivity index (χ1) is 11.0. The number of halogens is 2. The van der Waals surface area contributed by atoms with Crippen molar-refractivity contribution in [3.63, 3.8) is 0 Å². The number of hydrogen-bond acceptors (Lipinski definition) is 3. The third kappa shape index (κ3) is 3.30. The number of rotatable bonds is 3. The van der Waals surface area contributed by atoms with Crippen LogP contribution in [0.1, 0.15) is 24.2 Å². The van der Waals surface area contributed by atoms with Gasteiger partial charge in [-0.05, 0) is 18.9 Å². The fraction of sp³-hybridized carbons (Fsp3) is 0.400. The van der Waals surface area contributed by atoms with E-state index in [4.69, 9.17) is 0 Å². The molecule has 122 valence electrons. The van der Waals surface area contributed by atoms with Gasteiger partial charge in [0, 0.05) is 24.6 Å². The fourth-order valence-corrected chi connectivity index (χ4v) is 2.79. The van der Waals surface area contributed by atoms with Crippen molar-refractivity contribution in [3.05, 3.63) is 51.7 Å². The summed E-state index contributed by atoms with van der Waals surface area (Å²) in [7, 11) is 0. The van der Waals surface area contributed by atoms with Crippen LogP contribution in [0, 0.1) is 11.6 Å². The van der Waals surface area contributed by atoms with Crippen LogP contribution >= 0.6 is 0 Å². The normalized spacial score (nSPS) is 17.4. The average Bonchev–Trinajstić information content (AvgIpc) is 2.74. The maximum absolute atomic E-state index is 13.6. The zero-order valence-corrected chi connectivity index (χ0v) is 12.3. The summed E-state index contributed by atoms with van der Waals surface area (Å²) in [6, 6.07) is 3.65. The van der Waals surface area contributed by atoms with Crippen LogP contribution < -0.4 is 11.0 Å². The van der Waals surface area contributed by atoms with E-state index in [1.54, 1.807) is 4.57 Å². The smallest absolute Gasteiger partial charge is 0.343 e. The molecule has 2 heterocycles. The molecule has 2 N–H and O–H groups in total. The highest BCUT2D eigenvalue weighted by atomic mass is 19.2. The summed E-state index contributed by atoms with van der Waals surface area (Å²) in [5.74, 6) is -1.65. The Kier molecular flexibility index (Phi) is 4.22. The zero-order chi connectivity index (χ0) is 16.4. The molecule has 0 spiro atoms. The monoisotopic (exact) mass is 322 g/mol. The quantitative estimate of drug-likeness (QED) is 0.882. The number of nitrogens with one attached hydrogen (secondary N) is 2. The van der Waals surface area contributed by atoms with Crippen molar-refractivity contribution < 1.29 is 13.6 Å². The first-order valence-electron chi connectivity index (χ1n) is 7.41. The van der Waals surface area contributed by atoms with Crippen molar-refractivity contribution in [2.24, 2.45) is 0 Å². The van der Waals surface area contributed by atoms with E-state index in [1.165, 1.54) is 12.1 Å². The maximum atomic E-state index is 13.6. The van der Waals surface area contributed by atoms with Gasteiger partial charge < -0.3 is 5.32 Å². The molecule has 1 atom stereocenters. The highest BCUT2D eigenvalue weighted by molar-refractivity contribution is 5.78. The van der Waals surface area contributed by atoms with E-state index in [-0.39, 0.29) is 29.6 Å². The van der Waals surface area contributed by atoms with Gasteiger partial charge in [0.15, 0.2) is 11.6 Å². The van der Waals surface area contributed by atoms with Gasteiger partial charge in [0.05, 0.1) is 6.42 Å². The highest BCUT2D eigenvalue weighted by Crippen LogP contribution is 2.14. The summed E-state index contributed by atoms with van der Waals surface area (Å²) in [6.07, 6.45) is 1.58. The highest BCUT2D eigenvalue weighted by Gasteiger charge is 2.21. The minimum Gasteiger partial charge on any atom is -0.353 e. The number of carbonyl (C=O) groups is 1. The number of amides is 1. The van der Waals surface area contributed by atoms with Gasteiger partial charge in [0.2, 0.25) is 5.91 Å².